The smallest absolute Gasteiger partial charge is 0.306 e. The maximum atomic E-state index is 11.7. The SMILES string of the molecule is COC(=O)CC(c1ccc2c(c1)C(C)CC2)C(C)(C)C. The minimum Gasteiger partial charge on any atom is -0.469 e. The van der Waals surface area contributed by atoms with E-state index in [4.69, 9.17) is 4.74 Å². The van der Waals surface area contributed by atoms with Crippen molar-refractivity contribution in [2.45, 2.75) is 58.8 Å². The van der Waals surface area contributed by atoms with Crippen LogP contribution in [0.3, 0.4) is 0 Å². The van der Waals surface area contributed by atoms with Crippen LogP contribution in [-0.4, -0.2) is 13.1 Å². The van der Waals surface area contributed by atoms with E-state index >= 15 is 0 Å². The molecule has 1 aliphatic rings. The number of fused-ring (bicyclic) bond motifs is 1. The Morgan fingerprint density at radius 2 is 2.10 bits per heavy atom. The lowest BCUT2D eigenvalue weighted by Crippen LogP contribution is -2.22. The topological polar surface area (TPSA) is 26.3 Å². The van der Waals surface area contributed by atoms with Gasteiger partial charge in [0.2, 0.25) is 0 Å². The molecule has 1 aromatic rings. The monoisotopic (exact) mass is 274 g/mol. The normalized spacial score (nSPS) is 19.6. The molecular weight excluding hydrogens is 248 g/mol. The van der Waals surface area contributed by atoms with Crippen molar-refractivity contribution in [1.82, 2.24) is 0 Å². The zero-order valence-corrected chi connectivity index (χ0v) is 13.3. The van der Waals surface area contributed by atoms with Crippen LogP contribution < -0.4 is 0 Å². The van der Waals surface area contributed by atoms with Crippen LogP contribution in [0, 0.1) is 5.41 Å². The summed E-state index contributed by atoms with van der Waals surface area (Å²) in [7, 11) is 1.47. The molecule has 0 saturated heterocycles. The highest BCUT2D eigenvalue weighted by Crippen LogP contribution is 2.41. The van der Waals surface area contributed by atoms with Gasteiger partial charge in [0.1, 0.15) is 0 Å². The molecule has 2 atom stereocenters. The van der Waals surface area contributed by atoms with Crippen LogP contribution in [0.15, 0.2) is 18.2 Å². The Balaban J connectivity index is 2.34. The Morgan fingerprint density at radius 1 is 1.40 bits per heavy atom. The lowest BCUT2D eigenvalue weighted by atomic mass is 9.74. The fraction of sp³-hybridized carbons (Fsp3) is 0.611. The van der Waals surface area contributed by atoms with E-state index < -0.39 is 0 Å². The van der Waals surface area contributed by atoms with E-state index in [1.807, 2.05) is 0 Å². The molecule has 0 spiro atoms. The number of carbonyl (C=O) groups is 1. The number of hydrogen-bond donors (Lipinski definition) is 0. The third-order valence-corrected chi connectivity index (χ3v) is 4.59. The average molecular weight is 274 g/mol. The number of esters is 1. The number of aryl methyl sites for hydroxylation is 1. The van der Waals surface area contributed by atoms with Gasteiger partial charge in [-0.1, -0.05) is 45.9 Å². The summed E-state index contributed by atoms with van der Waals surface area (Å²) in [6.07, 6.45) is 2.89. The lowest BCUT2D eigenvalue weighted by molar-refractivity contribution is -0.141. The fourth-order valence-corrected chi connectivity index (χ4v) is 3.22. The molecule has 0 radical (unpaired) electrons. The summed E-state index contributed by atoms with van der Waals surface area (Å²) in [6.45, 7) is 8.87. The molecule has 0 amide bonds. The first-order chi connectivity index (χ1) is 9.32. The summed E-state index contributed by atoms with van der Waals surface area (Å²) in [6, 6.07) is 6.78. The van der Waals surface area contributed by atoms with Gasteiger partial charge in [0.15, 0.2) is 0 Å². The van der Waals surface area contributed by atoms with Crippen molar-refractivity contribution in [3.8, 4) is 0 Å². The summed E-state index contributed by atoms with van der Waals surface area (Å²) in [5.74, 6) is 0.718. The van der Waals surface area contributed by atoms with Crippen LogP contribution in [0.5, 0.6) is 0 Å². The molecule has 0 fully saturated rings. The summed E-state index contributed by atoms with van der Waals surface area (Å²) in [4.78, 5) is 11.7. The maximum Gasteiger partial charge on any atom is 0.306 e. The molecule has 20 heavy (non-hydrogen) atoms. The van der Waals surface area contributed by atoms with E-state index in [0.29, 0.717) is 12.3 Å². The molecule has 2 rings (SSSR count). The Hall–Kier alpha value is -1.31. The second kappa shape index (κ2) is 5.59. The van der Waals surface area contributed by atoms with Gasteiger partial charge in [0, 0.05) is 0 Å². The molecule has 0 N–H and O–H groups in total. The standard InChI is InChI=1S/C18H26O2/c1-12-6-7-13-8-9-14(10-15(12)13)16(18(2,3)4)11-17(19)20-5/h8-10,12,16H,6-7,11H2,1-5H3. The number of ether oxygens (including phenoxy) is 1. The van der Waals surface area contributed by atoms with E-state index in [2.05, 4.69) is 45.9 Å². The van der Waals surface area contributed by atoms with Gasteiger partial charge in [0.05, 0.1) is 13.5 Å². The molecule has 1 aliphatic carbocycles. The number of hydrogen-bond acceptors (Lipinski definition) is 2. The third-order valence-electron chi connectivity index (χ3n) is 4.59. The minimum absolute atomic E-state index is 0.0459. The summed E-state index contributed by atoms with van der Waals surface area (Å²) >= 11 is 0. The van der Waals surface area contributed by atoms with Crippen LogP contribution in [0.25, 0.3) is 0 Å². The zero-order valence-electron chi connectivity index (χ0n) is 13.3. The quantitative estimate of drug-likeness (QED) is 0.762. The minimum atomic E-state index is -0.126. The third kappa shape index (κ3) is 3.05. The molecule has 0 saturated carbocycles. The van der Waals surface area contributed by atoms with Crippen molar-refractivity contribution < 1.29 is 9.53 Å². The summed E-state index contributed by atoms with van der Waals surface area (Å²) in [5.41, 5.74) is 4.27. The van der Waals surface area contributed by atoms with Gasteiger partial charge in [-0.05, 0) is 46.8 Å². The van der Waals surface area contributed by atoms with Gasteiger partial charge in [-0.3, -0.25) is 4.79 Å². The summed E-state index contributed by atoms with van der Waals surface area (Å²) < 4.78 is 4.87. The molecule has 0 aromatic heterocycles. The Morgan fingerprint density at radius 3 is 2.70 bits per heavy atom. The lowest BCUT2D eigenvalue weighted by Gasteiger charge is -2.31. The molecule has 2 nitrogen and oxygen atoms in total. The van der Waals surface area contributed by atoms with Crippen molar-refractivity contribution in [2.75, 3.05) is 7.11 Å². The van der Waals surface area contributed by atoms with E-state index in [-0.39, 0.29) is 17.3 Å². The first-order valence-electron chi connectivity index (χ1n) is 7.52. The average Bonchev–Trinajstić information content (AvgIpc) is 2.75. The second-order valence-electron chi connectivity index (χ2n) is 7.10. The van der Waals surface area contributed by atoms with E-state index in [1.165, 1.54) is 36.6 Å². The highest BCUT2D eigenvalue weighted by molar-refractivity contribution is 5.70. The van der Waals surface area contributed by atoms with Gasteiger partial charge in [0.25, 0.3) is 0 Å². The van der Waals surface area contributed by atoms with Crippen molar-refractivity contribution in [3.05, 3.63) is 34.9 Å². The molecule has 0 bridgehead atoms. The summed E-state index contributed by atoms with van der Waals surface area (Å²) in [5, 5.41) is 0. The van der Waals surface area contributed by atoms with Crippen LogP contribution in [0.1, 0.15) is 69.1 Å². The Bertz CT molecular complexity index is 497. The molecule has 110 valence electrons. The van der Waals surface area contributed by atoms with Crippen molar-refractivity contribution >= 4 is 5.97 Å². The van der Waals surface area contributed by atoms with E-state index in [1.54, 1.807) is 0 Å². The van der Waals surface area contributed by atoms with Gasteiger partial charge >= 0.3 is 5.97 Å². The highest BCUT2D eigenvalue weighted by Gasteiger charge is 2.30. The second-order valence-corrected chi connectivity index (χ2v) is 7.10. The van der Waals surface area contributed by atoms with Gasteiger partial charge in [-0.25, -0.2) is 0 Å². The zero-order chi connectivity index (χ0) is 14.9. The predicted octanol–water partition coefficient (Wildman–Crippen LogP) is 4.43. The number of methoxy groups -OCH3 is 1. The largest absolute Gasteiger partial charge is 0.469 e. The number of benzene rings is 1. The van der Waals surface area contributed by atoms with Crippen molar-refractivity contribution in [1.29, 1.82) is 0 Å². The van der Waals surface area contributed by atoms with Crippen LogP contribution in [0.2, 0.25) is 0 Å². The van der Waals surface area contributed by atoms with Crippen LogP contribution in [-0.2, 0) is 16.0 Å². The van der Waals surface area contributed by atoms with Crippen LogP contribution in [0.4, 0.5) is 0 Å². The first-order valence-corrected chi connectivity index (χ1v) is 7.52. The molecule has 0 heterocycles. The highest BCUT2D eigenvalue weighted by atomic mass is 16.5. The van der Waals surface area contributed by atoms with E-state index in [9.17, 15) is 4.79 Å². The Labute approximate surface area is 122 Å². The number of carbonyl (C=O) groups excluding carboxylic acids is 1. The molecule has 1 aromatic carbocycles. The van der Waals surface area contributed by atoms with Crippen molar-refractivity contribution in [3.63, 3.8) is 0 Å². The number of rotatable bonds is 3. The van der Waals surface area contributed by atoms with Gasteiger partial charge in [-0.15, -0.1) is 0 Å². The molecular formula is C18H26O2. The van der Waals surface area contributed by atoms with Crippen molar-refractivity contribution in [2.24, 2.45) is 5.41 Å². The van der Waals surface area contributed by atoms with Crippen LogP contribution >= 0.6 is 0 Å². The molecule has 2 heteroatoms. The fourth-order valence-electron chi connectivity index (χ4n) is 3.22. The molecule has 0 aliphatic heterocycles. The van der Waals surface area contributed by atoms with Gasteiger partial charge < -0.3 is 4.74 Å². The van der Waals surface area contributed by atoms with Gasteiger partial charge in [-0.2, -0.15) is 0 Å². The maximum absolute atomic E-state index is 11.7. The molecule has 2 unspecified atom stereocenters. The predicted molar refractivity (Wildman–Crippen MR) is 82.0 cm³/mol. The van der Waals surface area contributed by atoms with E-state index in [0.717, 1.165) is 0 Å². The first kappa shape index (κ1) is 15.1. The Kier molecular flexibility index (Phi) is 4.22.